The number of amides is 1. The van der Waals surface area contributed by atoms with Crippen LogP contribution in [-0.2, 0) is 17.8 Å². The standard InChI is InChI=1S/C17H15FINO/c1-11-2-4-14(18)8-13(11)10-20-16-6-5-15(19)9-12(16)3-7-17(20)21/h2,4-6,8-9H,3,7,10H2,1H3. The van der Waals surface area contributed by atoms with Crippen LogP contribution in [0.4, 0.5) is 10.1 Å². The average Bonchev–Trinajstić information content (AvgIpc) is 2.45. The molecule has 0 aliphatic carbocycles. The number of rotatable bonds is 2. The van der Waals surface area contributed by atoms with Gasteiger partial charge in [-0.1, -0.05) is 6.07 Å². The van der Waals surface area contributed by atoms with Crippen LogP contribution in [0.25, 0.3) is 0 Å². The van der Waals surface area contributed by atoms with E-state index >= 15 is 0 Å². The van der Waals surface area contributed by atoms with Gasteiger partial charge in [0.05, 0.1) is 6.54 Å². The summed E-state index contributed by atoms with van der Waals surface area (Å²) < 4.78 is 14.6. The van der Waals surface area contributed by atoms with Gasteiger partial charge < -0.3 is 4.90 Å². The SMILES string of the molecule is Cc1ccc(F)cc1CN1C(=O)CCc2cc(I)ccc21. The third kappa shape index (κ3) is 2.95. The van der Waals surface area contributed by atoms with Crippen LogP contribution < -0.4 is 4.90 Å². The third-order valence-corrected chi connectivity index (χ3v) is 4.55. The Morgan fingerprint density at radius 2 is 2.00 bits per heavy atom. The highest BCUT2D eigenvalue weighted by Crippen LogP contribution is 2.31. The van der Waals surface area contributed by atoms with Crippen LogP contribution in [0.1, 0.15) is 23.1 Å². The first-order valence-corrected chi connectivity index (χ1v) is 7.96. The maximum Gasteiger partial charge on any atom is 0.227 e. The fourth-order valence-corrected chi connectivity index (χ4v) is 3.24. The number of aryl methyl sites for hydroxylation is 2. The van der Waals surface area contributed by atoms with Crippen molar-refractivity contribution in [1.82, 2.24) is 0 Å². The van der Waals surface area contributed by atoms with E-state index in [0.717, 1.165) is 23.2 Å². The highest BCUT2D eigenvalue weighted by Gasteiger charge is 2.24. The minimum absolute atomic E-state index is 0.104. The summed E-state index contributed by atoms with van der Waals surface area (Å²) in [7, 11) is 0. The highest BCUT2D eigenvalue weighted by atomic mass is 127. The first kappa shape index (κ1) is 14.5. The lowest BCUT2D eigenvalue weighted by molar-refractivity contribution is -0.119. The van der Waals surface area contributed by atoms with Crippen molar-refractivity contribution in [2.24, 2.45) is 0 Å². The third-order valence-electron chi connectivity index (χ3n) is 3.88. The second-order valence-corrected chi connectivity index (χ2v) is 6.57. The van der Waals surface area contributed by atoms with Crippen LogP contribution >= 0.6 is 22.6 Å². The zero-order valence-corrected chi connectivity index (χ0v) is 13.9. The molecule has 1 amide bonds. The summed E-state index contributed by atoms with van der Waals surface area (Å²) in [6, 6.07) is 10.8. The van der Waals surface area contributed by atoms with Crippen LogP contribution in [-0.4, -0.2) is 5.91 Å². The summed E-state index contributed by atoms with van der Waals surface area (Å²) in [5, 5.41) is 0. The van der Waals surface area contributed by atoms with E-state index in [1.807, 2.05) is 19.1 Å². The maximum absolute atomic E-state index is 13.4. The number of carbonyl (C=O) groups excluding carboxylic acids is 1. The molecule has 0 unspecified atom stereocenters. The molecule has 2 nitrogen and oxygen atoms in total. The van der Waals surface area contributed by atoms with Crippen molar-refractivity contribution in [2.75, 3.05) is 4.90 Å². The fraction of sp³-hybridized carbons (Fsp3) is 0.235. The van der Waals surface area contributed by atoms with Gasteiger partial charge in [-0.05, 0) is 83.0 Å². The van der Waals surface area contributed by atoms with Gasteiger partial charge in [-0.3, -0.25) is 4.79 Å². The lowest BCUT2D eigenvalue weighted by Crippen LogP contribution is -2.34. The van der Waals surface area contributed by atoms with Gasteiger partial charge in [-0.2, -0.15) is 0 Å². The van der Waals surface area contributed by atoms with E-state index < -0.39 is 0 Å². The van der Waals surface area contributed by atoms with Crippen molar-refractivity contribution in [2.45, 2.75) is 26.3 Å². The molecule has 4 heteroatoms. The van der Waals surface area contributed by atoms with Crippen molar-refractivity contribution >= 4 is 34.2 Å². The molecular formula is C17H15FINO. The summed E-state index contributed by atoms with van der Waals surface area (Å²) in [5.74, 6) is -0.157. The number of fused-ring (bicyclic) bond motifs is 1. The molecule has 1 heterocycles. The molecule has 0 aromatic heterocycles. The Morgan fingerprint density at radius 3 is 2.81 bits per heavy atom. The number of hydrogen-bond donors (Lipinski definition) is 0. The lowest BCUT2D eigenvalue weighted by Gasteiger charge is -2.30. The smallest absolute Gasteiger partial charge is 0.227 e. The van der Waals surface area contributed by atoms with Gasteiger partial charge in [-0.25, -0.2) is 4.39 Å². The number of halogens is 2. The summed E-state index contributed by atoms with van der Waals surface area (Å²) in [6.45, 7) is 2.37. The van der Waals surface area contributed by atoms with Gasteiger partial charge in [0.2, 0.25) is 5.91 Å². The summed E-state index contributed by atoms with van der Waals surface area (Å²) in [5.41, 5.74) is 4.00. The average molecular weight is 395 g/mol. The topological polar surface area (TPSA) is 20.3 Å². The van der Waals surface area contributed by atoms with Crippen LogP contribution in [0.2, 0.25) is 0 Å². The van der Waals surface area contributed by atoms with Crippen LogP contribution in [0, 0.1) is 16.3 Å². The van der Waals surface area contributed by atoms with E-state index in [0.29, 0.717) is 13.0 Å². The van der Waals surface area contributed by atoms with Gasteiger partial charge >= 0.3 is 0 Å². The first-order valence-electron chi connectivity index (χ1n) is 6.88. The molecule has 2 aromatic rings. The van der Waals surface area contributed by atoms with Crippen molar-refractivity contribution in [3.63, 3.8) is 0 Å². The quantitative estimate of drug-likeness (QED) is 0.698. The zero-order chi connectivity index (χ0) is 15.0. The van der Waals surface area contributed by atoms with Crippen LogP contribution in [0.15, 0.2) is 36.4 Å². The van der Waals surface area contributed by atoms with Gasteiger partial charge in [0, 0.05) is 15.7 Å². The molecule has 0 fully saturated rings. The van der Waals surface area contributed by atoms with E-state index in [1.54, 1.807) is 11.0 Å². The van der Waals surface area contributed by atoms with Gasteiger partial charge in [-0.15, -0.1) is 0 Å². The normalized spacial score (nSPS) is 14.2. The maximum atomic E-state index is 13.4. The Kier molecular flexibility index (Phi) is 3.97. The Hall–Kier alpha value is -1.43. The van der Waals surface area contributed by atoms with E-state index in [4.69, 9.17) is 0 Å². The first-order chi connectivity index (χ1) is 10.0. The predicted molar refractivity (Wildman–Crippen MR) is 89.8 cm³/mol. The molecule has 0 spiro atoms. The van der Waals surface area contributed by atoms with Gasteiger partial charge in [0.25, 0.3) is 0 Å². The van der Waals surface area contributed by atoms with E-state index in [-0.39, 0.29) is 11.7 Å². The monoisotopic (exact) mass is 395 g/mol. The van der Waals surface area contributed by atoms with E-state index in [1.165, 1.54) is 21.3 Å². The fourth-order valence-electron chi connectivity index (χ4n) is 2.68. The number of benzene rings is 2. The molecule has 1 aliphatic rings. The lowest BCUT2D eigenvalue weighted by atomic mass is 9.99. The van der Waals surface area contributed by atoms with Gasteiger partial charge in [0.15, 0.2) is 0 Å². The molecule has 2 aromatic carbocycles. The molecule has 3 rings (SSSR count). The molecule has 0 saturated carbocycles. The molecule has 0 saturated heterocycles. The Morgan fingerprint density at radius 1 is 1.19 bits per heavy atom. The summed E-state index contributed by atoms with van der Waals surface area (Å²) in [4.78, 5) is 14.0. The van der Waals surface area contributed by atoms with Crippen LogP contribution in [0.3, 0.4) is 0 Å². The zero-order valence-electron chi connectivity index (χ0n) is 11.7. The molecule has 21 heavy (non-hydrogen) atoms. The molecule has 0 bridgehead atoms. The highest BCUT2D eigenvalue weighted by molar-refractivity contribution is 14.1. The number of hydrogen-bond acceptors (Lipinski definition) is 1. The largest absolute Gasteiger partial charge is 0.308 e. The molecule has 0 radical (unpaired) electrons. The Bertz CT molecular complexity index is 714. The summed E-state index contributed by atoms with van der Waals surface area (Å²) >= 11 is 2.28. The van der Waals surface area contributed by atoms with Gasteiger partial charge in [0.1, 0.15) is 5.82 Å². The minimum atomic E-state index is -0.261. The number of anilines is 1. The second-order valence-electron chi connectivity index (χ2n) is 5.32. The van der Waals surface area contributed by atoms with Crippen molar-refractivity contribution in [3.05, 3.63) is 62.5 Å². The van der Waals surface area contributed by atoms with Crippen molar-refractivity contribution in [1.29, 1.82) is 0 Å². The van der Waals surface area contributed by atoms with E-state index in [9.17, 15) is 9.18 Å². The molecular weight excluding hydrogens is 380 g/mol. The number of carbonyl (C=O) groups is 1. The Labute approximate surface area is 137 Å². The van der Waals surface area contributed by atoms with E-state index in [2.05, 4.69) is 28.7 Å². The summed E-state index contributed by atoms with van der Waals surface area (Å²) in [6.07, 6.45) is 1.30. The van der Waals surface area contributed by atoms with Crippen molar-refractivity contribution < 1.29 is 9.18 Å². The molecule has 108 valence electrons. The molecule has 0 N–H and O–H groups in total. The predicted octanol–water partition coefficient (Wildman–Crippen LogP) is 4.22. The second kappa shape index (κ2) is 5.75. The molecule has 1 aliphatic heterocycles. The van der Waals surface area contributed by atoms with Crippen molar-refractivity contribution in [3.8, 4) is 0 Å². The molecule has 0 atom stereocenters. The number of nitrogens with zero attached hydrogens (tertiary/aromatic N) is 1. The minimum Gasteiger partial charge on any atom is -0.308 e. The van der Waals surface area contributed by atoms with Crippen LogP contribution in [0.5, 0.6) is 0 Å². The Balaban J connectivity index is 1.98.